The molecule has 0 saturated heterocycles. The van der Waals surface area contributed by atoms with Crippen LogP contribution in [0.5, 0.6) is 11.5 Å². The van der Waals surface area contributed by atoms with Crippen molar-refractivity contribution >= 4 is 52.3 Å². The van der Waals surface area contributed by atoms with Crippen molar-refractivity contribution < 1.29 is 48.0 Å². The topological polar surface area (TPSA) is 297 Å². The number of carbonyl (C=O) groups is 1. The largest absolute Gasteiger partial charge is 0.497 e. The monoisotopic (exact) mass is 866 g/mol. The van der Waals surface area contributed by atoms with Gasteiger partial charge in [-0.25, -0.2) is 9.59 Å². The molecule has 0 unspecified atom stereocenters. The van der Waals surface area contributed by atoms with Gasteiger partial charge in [0.05, 0.1) is 38.8 Å². The van der Waals surface area contributed by atoms with Crippen molar-refractivity contribution in [2.24, 2.45) is 0 Å². The number of methoxy groups -OCH3 is 2. The summed E-state index contributed by atoms with van der Waals surface area (Å²) in [6, 6.07) is 14.4. The summed E-state index contributed by atoms with van der Waals surface area (Å²) in [4.78, 5) is 56.5. The van der Waals surface area contributed by atoms with Crippen LogP contribution in [0.4, 0.5) is 53.7 Å². The summed E-state index contributed by atoms with van der Waals surface area (Å²) >= 11 is 0. The molecule has 0 aliphatic heterocycles. The van der Waals surface area contributed by atoms with Gasteiger partial charge >= 0.3 is 17.5 Å². The number of ether oxygens (including phenoxy) is 3. The van der Waals surface area contributed by atoms with E-state index < -0.39 is 16.7 Å². The zero-order valence-corrected chi connectivity index (χ0v) is 33.1. The summed E-state index contributed by atoms with van der Waals surface area (Å²) in [5.41, 5.74) is 13.3. The Morgan fingerprint density at radius 2 is 1.44 bits per heavy atom. The molecule has 3 aromatic heterocycles. The number of hydrogen-bond acceptors (Lipinski definition) is 17. The van der Waals surface area contributed by atoms with Gasteiger partial charge in [-0.1, -0.05) is 31.7 Å². The standard InChI is InChI=1S/C19H26N6O6.C17H22N6O3.CH4.F2.FH/c1-3-31-19(27)24(12-13-7-6-8-14(11-13)30-2)17-15(25(28)29)16(20)22-18(23-17)21-9-4-5-10-26;1-26-12-6-4-5-11(9-12)10-23-15-13(20-17(23)25)14(18)21-16(22-15)19-7-2-3-8-24;;1-2;/h6-8,11,26H,3-5,9-10,12H2,1-2H3,(H3,20,21,22,23);4-6,9,24H,2-3,7-8,10H2,1H3,(H,20,25)(H3,18,19,21,22);1H4;;1H. The Balaban J connectivity index is 0.000000575. The number of H-pyrrole nitrogens is 1. The number of carbonyl (C=O) groups excluding carboxylic acids is 1. The Labute approximate surface area is 348 Å². The third kappa shape index (κ3) is 15.0. The first kappa shape index (κ1) is 52.1. The van der Waals surface area contributed by atoms with Crippen LogP contribution < -0.4 is 42.2 Å². The number of aliphatic hydroxyl groups is 2. The van der Waals surface area contributed by atoms with Crippen LogP contribution in [-0.4, -0.2) is 97.8 Å². The van der Waals surface area contributed by atoms with Crippen molar-refractivity contribution in [2.45, 2.75) is 53.1 Å². The highest BCUT2D eigenvalue weighted by atomic mass is 20.0. The van der Waals surface area contributed by atoms with Crippen LogP contribution in [0.3, 0.4) is 0 Å². The number of nitrogens with zero attached hydrogens (tertiary/aromatic N) is 7. The fourth-order valence-electron chi connectivity index (χ4n) is 5.39. The van der Waals surface area contributed by atoms with E-state index in [-0.39, 0.29) is 67.6 Å². The number of nitrogens with one attached hydrogen (secondary N) is 3. The Morgan fingerprint density at radius 3 is 1.98 bits per heavy atom. The molecule has 336 valence electrons. The lowest BCUT2D eigenvalue weighted by Gasteiger charge is -2.22. The molecule has 0 aliphatic carbocycles. The average molecular weight is 867 g/mol. The predicted octanol–water partition coefficient (Wildman–Crippen LogP) is 4.90. The molecule has 0 bridgehead atoms. The molecule has 1 amide bonds. The number of nitrogen functional groups attached to an aromatic ring is 2. The van der Waals surface area contributed by atoms with E-state index in [1.807, 2.05) is 24.3 Å². The maximum absolute atomic E-state index is 12.7. The Hall–Kier alpha value is -6.95. The SMILES string of the molecule is C.CCOC(=O)N(Cc1cccc(OC)c1)c1nc(NCCCCO)nc(N)c1[N+](=O)[O-].COc1cccc(Cn2c(=O)[nH]c3c(N)nc(NCCCCO)nc32)c1.F.FF. The summed E-state index contributed by atoms with van der Waals surface area (Å²) in [5, 5.41) is 35.4. The Bertz CT molecular complexity index is 2180. The van der Waals surface area contributed by atoms with Crippen molar-refractivity contribution in [1.82, 2.24) is 29.5 Å². The first-order chi connectivity index (χ1) is 28.5. The summed E-state index contributed by atoms with van der Waals surface area (Å²) in [6.07, 6.45) is 1.83. The molecule has 24 heteroatoms. The van der Waals surface area contributed by atoms with Crippen LogP contribution in [0, 0.1) is 10.1 Å². The summed E-state index contributed by atoms with van der Waals surface area (Å²) < 4.78 is 33.0. The number of benzene rings is 2. The van der Waals surface area contributed by atoms with Gasteiger partial charge in [0.15, 0.2) is 11.5 Å². The maximum Gasteiger partial charge on any atom is 0.415 e. The number of hydrogen-bond donors (Lipinski definition) is 7. The number of aliphatic hydroxyl groups excluding tert-OH is 2. The molecule has 61 heavy (non-hydrogen) atoms. The molecule has 3 heterocycles. The number of aromatic nitrogens is 6. The van der Waals surface area contributed by atoms with Crippen LogP contribution in [0.1, 0.15) is 51.2 Å². The predicted molar refractivity (Wildman–Crippen MR) is 225 cm³/mol. The van der Waals surface area contributed by atoms with E-state index in [9.17, 15) is 19.7 Å². The Morgan fingerprint density at radius 1 is 0.902 bits per heavy atom. The van der Waals surface area contributed by atoms with Gasteiger partial charge in [-0.05, 0) is 68.0 Å². The number of nitrogens with two attached hydrogens (primary N) is 2. The van der Waals surface area contributed by atoms with Crippen LogP contribution in [0.2, 0.25) is 0 Å². The number of nitro groups is 1. The van der Waals surface area contributed by atoms with Gasteiger partial charge in [0.1, 0.15) is 17.0 Å². The van der Waals surface area contributed by atoms with Crippen molar-refractivity contribution in [3.63, 3.8) is 0 Å². The minimum Gasteiger partial charge on any atom is -0.497 e. The minimum atomic E-state index is -0.822. The van der Waals surface area contributed by atoms with E-state index in [0.29, 0.717) is 67.3 Å². The quantitative estimate of drug-likeness (QED) is 0.0330. The molecule has 0 atom stereocenters. The number of rotatable bonds is 19. The molecule has 0 saturated carbocycles. The molecule has 21 nitrogen and oxygen atoms in total. The number of halogens is 3. The molecular weight excluding hydrogens is 813 g/mol. The van der Waals surface area contributed by atoms with Crippen molar-refractivity contribution in [3.05, 3.63) is 80.3 Å². The van der Waals surface area contributed by atoms with Gasteiger partial charge < -0.3 is 51.5 Å². The van der Waals surface area contributed by atoms with Crippen molar-refractivity contribution in [3.8, 4) is 11.5 Å². The Kier molecular flexibility index (Phi) is 23.0. The van der Waals surface area contributed by atoms with Crippen LogP contribution in [0.25, 0.3) is 11.2 Å². The second kappa shape index (κ2) is 26.9. The zero-order chi connectivity index (χ0) is 43.3. The molecule has 0 radical (unpaired) electrons. The molecule has 2 aromatic carbocycles. The van der Waals surface area contributed by atoms with Crippen molar-refractivity contribution in [2.75, 3.05) is 74.1 Å². The van der Waals surface area contributed by atoms with E-state index >= 15 is 0 Å². The fourth-order valence-corrected chi connectivity index (χ4v) is 5.39. The first-order valence-corrected chi connectivity index (χ1v) is 18.1. The molecule has 0 aliphatic rings. The van der Waals surface area contributed by atoms with Crippen LogP contribution in [0.15, 0.2) is 53.3 Å². The fraction of sp³-hybridized carbons (Fsp3) is 0.405. The van der Waals surface area contributed by atoms with E-state index in [0.717, 1.165) is 22.6 Å². The van der Waals surface area contributed by atoms with E-state index in [1.54, 1.807) is 38.3 Å². The lowest BCUT2D eigenvalue weighted by Crippen LogP contribution is -2.33. The highest BCUT2D eigenvalue weighted by molar-refractivity contribution is 5.91. The smallest absolute Gasteiger partial charge is 0.415 e. The second-order valence-corrected chi connectivity index (χ2v) is 12.2. The van der Waals surface area contributed by atoms with E-state index in [4.69, 9.17) is 45.0 Å². The lowest BCUT2D eigenvalue weighted by atomic mass is 10.2. The number of amides is 1. The summed E-state index contributed by atoms with van der Waals surface area (Å²) in [7, 11) is 3.10. The van der Waals surface area contributed by atoms with Gasteiger partial charge in [0, 0.05) is 35.5 Å². The highest BCUT2D eigenvalue weighted by Crippen LogP contribution is 2.34. The van der Waals surface area contributed by atoms with Crippen LogP contribution in [-0.2, 0) is 17.8 Å². The first-order valence-electron chi connectivity index (χ1n) is 18.1. The molecule has 0 fully saturated rings. The zero-order valence-electron chi connectivity index (χ0n) is 33.1. The van der Waals surface area contributed by atoms with Crippen LogP contribution >= 0.6 is 0 Å². The van der Waals surface area contributed by atoms with Gasteiger partial charge in [-0.2, -0.15) is 19.9 Å². The lowest BCUT2D eigenvalue weighted by molar-refractivity contribution is -0.383. The van der Waals surface area contributed by atoms with Crippen molar-refractivity contribution in [1.29, 1.82) is 0 Å². The van der Waals surface area contributed by atoms with Gasteiger partial charge in [-0.15, -0.1) is 0 Å². The normalized spacial score (nSPS) is 10.1. The molecule has 9 N–H and O–H groups in total. The third-order valence-corrected chi connectivity index (χ3v) is 8.16. The van der Waals surface area contributed by atoms with Gasteiger partial charge in [0.2, 0.25) is 23.5 Å². The number of anilines is 5. The van der Waals surface area contributed by atoms with Gasteiger partial charge in [-0.3, -0.25) is 24.3 Å². The average Bonchev–Trinajstić information content (AvgIpc) is 3.55. The molecule has 5 rings (SSSR count). The second-order valence-electron chi connectivity index (χ2n) is 12.2. The number of unbranched alkanes of at least 4 members (excludes halogenated alkanes) is 2. The molecular formula is C37H53F3N12O9. The number of aromatic amines is 1. The van der Waals surface area contributed by atoms with E-state index in [2.05, 4.69) is 35.6 Å². The highest BCUT2D eigenvalue weighted by Gasteiger charge is 2.32. The third-order valence-electron chi connectivity index (χ3n) is 8.16. The summed E-state index contributed by atoms with van der Waals surface area (Å²) in [5.74, 6) is 1.19. The maximum atomic E-state index is 12.7. The molecule has 5 aromatic rings. The van der Waals surface area contributed by atoms with Gasteiger partial charge in [0.25, 0.3) is 0 Å². The minimum absolute atomic E-state index is 0. The summed E-state index contributed by atoms with van der Waals surface area (Å²) in [6.45, 7) is 3.14. The number of imidazole rings is 1. The number of fused-ring (bicyclic) bond motifs is 1. The van der Waals surface area contributed by atoms with E-state index in [1.165, 1.54) is 11.7 Å². The molecule has 0 spiro atoms.